The van der Waals surface area contributed by atoms with E-state index in [1.165, 1.54) is 36.0 Å². The van der Waals surface area contributed by atoms with Gasteiger partial charge in [-0.25, -0.2) is 0 Å². The molecule has 0 fully saturated rings. The van der Waals surface area contributed by atoms with Crippen molar-refractivity contribution in [1.29, 1.82) is 0 Å². The van der Waals surface area contributed by atoms with E-state index in [1.807, 2.05) is 6.07 Å². The third kappa shape index (κ3) is 3.11. The summed E-state index contributed by atoms with van der Waals surface area (Å²) < 4.78 is 5.32. The van der Waals surface area contributed by atoms with Gasteiger partial charge in [0.05, 0.1) is 7.11 Å². The molecule has 0 saturated carbocycles. The van der Waals surface area contributed by atoms with E-state index in [-0.39, 0.29) is 0 Å². The SMILES string of the molecule is COc1cccc([C@@H](C)NC2CCCc3ccccc32)c1. The van der Waals surface area contributed by atoms with Crippen molar-refractivity contribution in [2.24, 2.45) is 0 Å². The van der Waals surface area contributed by atoms with Gasteiger partial charge in [0.1, 0.15) is 5.75 Å². The quantitative estimate of drug-likeness (QED) is 0.895. The molecule has 1 unspecified atom stereocenters. The van der Waals surface area contributed by atoms with Crippen molar-refractivity contribution >= 4 is 0 Å². The summed E-state index contributed by atoms with van der Waals surface area (Å²) in [4.78, 5) is 0. The van der Waals surface area contributed by atoms with E-state index in [4.69, 9.17) is 4.74 Å². The van der Waals surface area contributed by atoms with Gasteiger partial charge >= 0.3 is 0 Å². The van der Waals surface area contributed by atoms with Crippen LogP contribution < -0.4 is 10.1 Å². The van der Waals surface area contributed by atoms with Gasteiger partial charge in [-0.1, -0.05) is 36.4 Å². The fourth-order valence-corrected chi connectivity index (χ4v) is 3.24. The maximum Gasteiger partial charge on any atom is 0.119 e. The van der Waals surface area contributed by atoms with Crippen LogP contribution in [0.3, 0.4) is 0 Å². The normalized spacial score (nSPS) is 18.9. The Bertz CT molecular complexity index is 608. The predicted molar refractivity (Wildman–Crippen MR) is 86.7 cm³/mol. The zero-order valence-corrected chi connectivity index (χ0v) is 12.8. The molecular weight excluding hydrogens is 258 g/mol. The predicted octanol–water partition coefficient (Wildman–Crippen LogP) is 4.42. The molecular formula is C19H23NO. The maximum absolute atomic E-state index is 5.32. The van der Waals surface area contributed by atoms with Gasteiger partial charge in [0.2, 0.25) is 0 Å². The zero-order chi connectivity index (χ0) is 14.7. The smallest absolute Gasteiger partial charge is 0.119 e. The van der Waals surface area contributed by atoms with Crippen molar-refractivity contribution in [3.8, 4) is 5.75 Å². The molecule has 0 spiro atoms. The molecule has 2 atom stereocenters. The van der Waals surface area contributed by atoms with Crippen molar-refractivity contribution in [2.45, 2.75) is 38.3 Å². The Labute approximate surface area is 127 Å². The van der Waals surface area contributed by atoms with Gasteiger partial charge in [-0.15, -0.1) is 0 Å². The molecule has 3 rings (SSSR count). The van der Waals surface area contributed by atoms with Crippen LogP contribution in [0.15, 0.2) is 48.5 Å². The maximum atomic E-state index is 5.32. The summed E-state index contributed by atoms with van der Waals surface area (Å²) in [5.74, 6) is 0.921. The summed E-state index contributed by atoms with van der Waals surface area (Å²) in [6.45, 7) is 2.23. The minimum Gasteiger partial charge on any atom is -0.497 e. The molecule has 2 heteroatoms. The van der Waals surface area contributed by atoms with Crippen molar-refractivity contribution in [3.63, 3.8) is 0 Å². The van der Waals surface area contributed by atoms with E-state index in [2.05, 4.69) is 54.7 Å². The van der Waals surface area contributed by atoms with Crippen LogP contribution in [0.2, 0.25) is 0 Å². The highest BCUT2D eigenvalue weighted by Crippen LogP contribution is 2.32. The molecule has 0 bridgehead atoms. The van der Waals surface area contributed by atoms with Crippen LogP contribution in [0.5, 0.6) is 5.75 Å². The summed E-state index contributed by atoms with van der Waals surface area (Å²) in [6.07, 6.45) is 3.69. The summed E-state index contributed by atoms with van der Waals surface area (Å²) in [5.41, 5.74) is 4.25. The minimum absolute atomic E-state index is 0.316. The molecule has 21 heavy (non-hydrogen) atoms. The number of methoxy groups -OCH3 is 1. The zero-order valence-electron chi connectivity index (χ0n) is 12.8. The number of hydrogen-bond acceptors (Lipinski definition) is 2. The molecule has 1 aliphatic carbocycles. The number of benzene rings is 2. The van der Waals surface area contributed by atoms with Gasteiger partial charge < -0.3 is 10.1 Å². The number of hydrogen-bond donors (Lipinski definition) is 1. The molecule has 0 amide bonds. The molecule has 1 N–H and O–H groups in total. The van der Waals surface area contributed by atoms with Crippen LogP contribution in [0.25, 0.3) is 0 Å². The van der Waals surface area contributed by atoms with Crippen LogP contribution >= 0.6 is 0 Å². The lowest BCUT2D eigenvalue weighted by Gasteiger charge is -2.29. The fraction of sp³-hybridized carbons (Fsp3) is 0.368. The third-order valence-corrected chi connectivity index (χ3v) is 4.41. The van der Waals surface area contributed by atoms with Crippen LogP contribution in [-0.2, 0) is 6.42 Å². The summed E-state index contributed by atoms with van der Waals surface area (Å²) in [7, 11) is 1.72. The first-order chi connectivity index (χ1) is 10.3. The minimum atomic E-state index is 0.316. The lowest BCUT2D eigenvalue weighted by atomic mass is 9.87. The van der Waals surface area contributed by atoms with E-state index < -0.39 is 0 Å². The highest BCUT2D eigenvalue weighted by Gasteiger charge is 2.21. The number of ether oxygens (including phenoxy) is 1. The fourth-order valence-electron chi connectivity index (χ4n) is 3.24. The second kappa shape index (κ2) is 6.31. The van der Waals surface area contributed by atoms with Gasteiger partial charge in [0.15, 0.2) is 0 Å². The first kappa shape index (κ1) is 14.2. The Morgan fingerprint density at radius 3 is 2.86 bits per heavy atom. The van der Waals surface area contributed by atoms with E-state index in [9.17, 15) is 0 Å². The van der Waals surface area contributed by atoms with Crippen LogP contribution in [0.4, 0.5) is 0 Å². The third-order valence-electron chi connectivity index (χ3n) is 4.41. The second-order valence-corrected chi connectivity index (χ2v) is 5.81. The van der Waals surface area contributed by atoms with Crippen LogP contribution in [0, 0.1) is 0 Å². The second-order valence-electron chi connectivity index (χ2n) is 5.81. The topological polar surface area (TPSA) is 21.3 Å². The number of rotatable bonds is 4. The largest absolute Gasteiger partial charge is 0.497 e. The van der Waals surface area contributed by atoms with Crippen molar-refractivity contribution in [3.05, 3.63) is 65.2 Å². The lowest BCUT2D eigenvalue weighted by Crippen LogP contribution is -2.27. The van der Waals surface area contributed by atoms with Gasteiger partial charge in [-0.3, -0.25) is 0 Å². The Balaban J connectivity index is 1.77. The molecule has 0 saturated heterocycles. The molecule has 0 radical (unpaired) electrons. The lowest BCUT2D eigenvalue weighted by molar-refractivity contribution is 0.404. The Morgan fingerprint density at radius 2 is 2.00 bits per heavy atom. The first-order valence-electron chi connectivity index (χ1n) is 7.75. The molecule has 2 nitrogen and oxygen atoms in total. The highest BCUT2D eigenvalue weighted by atomic mass is 16.5. The molecule has 2 aromatic rings. The van der Waals surface area contributed by atoms with Crippen molar-refractivity contribution in [1.82, 2.24) is 5.32 Å². The van der Waals surface area contributed by atoms with Gasteiger partial charge in [0, 0.05) is 12.1 Å². The van der Waals surface area contributed by atoms with Crippen LogP contribution in [0.1, 0.15) is 48.5 Å². The van der Waals surface area contributed by atoms with Gasteiger partial charge in [-0.2, -0.15) is 0 Å². The number of nitrogens with one attached hydrogen (secondary N) is 1. The molecule has 0 heterocycles. The average molecular weight is 281 g/mol. The summed E-state index contributed by atoms with van der Waals surface area (Å²) in [5, 5.41) is 3.79. The molecule has 110 valence electrons. The molecule has 2 aromatic carbocycles. The Kier molecular flexibility index (Phi) is 4.26. The van der Waals surface area contributed by atoms with E-state index in [0.717, 1.165) is 5.75 Å². The van der Waals surface area contributed by atoms with E-state index >= 15 is 0 Å². The summed E-state index contributed by atoms with van der Waals surface area (Å²) in [6, 6.07) is 17.9. The average Bonchev–Trinajstić information content (AvgIpc) is 2.55. The summed E-state index contributed by atoms with van der Waals surface area (Å²) >= 11 is 0. The van der Waals surface area contributed by atoms with Crippen molar-refractivity contribution < 1.29 is 4.74 Å². The van der Waals surface area contributed by atoms with Crippen LogP contribution in [-0.4, -0.2) is 7.11 Å². The Hall–Kier alpha value is -1.80. The van der Waals surface area contributed by atoms with Gasteiger partial charge in [-0.05, 0) is 55.0 Å². The number of fused-ring (bicyclic) bond motifs is 1. The van der Waals surface area contributed by atoms with E-state index in [1.54, 1.807) is 7.11 Å². The standard InChI is InChI=1S/C19H23NO/c1-14(16-9-5-10-17(13-16)21-2)20-19-12-6-8-15-7-3-4-11-18(15)19/h3-5,7,9-11,13-14,19-20H,6,8,12H2,1-2H3/t14-,19?/m1/s1. The highest BCUT2D eigenvalue weighted by molar-refractivity contribution is 5.34. The first-order valence-corrected chi connectivity index (χ1v) is 7.75. The number of aryl methyl sites for hydroxylation is 1. The monoisotopic (exact) mass is 281 g/mol. The molecule has 1 aliphatic rings. The molecule has 0 aliphatic heterocycles. The van der Waals surface area contributed by atoms with E-state index in [0.29, 0.717) is 12.1 Å². The Morgan fingerprint density at radius 1 is 1.14 bits per heavy atom. The van der Waals surface area contributed by atoms with Gasteiger partial charge in [0.25, 0.3) is 0 Å². The van der Waals surface area contributed by atoms with Crippen molar-refractivity contribution in [2.75, 3.05) is 7.11 Å². The molecule has 0 aromatic heterocycles.